The van der Waals surface area contributed by atoms with Crippen LogP contribution in [0.5, 0.6) is 0 Å². The first-order valence-electron chi connectivity index (χ1n) is 6.49. The number of nitrogens with zero attached hydrogens (tertiary/aromatic N) is 3. The van der Waals surface area contributed by atoms with Crippen molar-refractivity contribution in [2.45, 2.75) is 13.8 Å². The van der Waals surface area contributed by atoms with E-state index in [1.807, 2.05) is 19.1 Å². The first kappa shape index (κ1) is 14.8. The van der Waals surface area contributed by atoms with Crippen LogP contribution in [-0.4, -0.2) is 33.3 Å². The number of aliphatic carboxylic acids is 1. The zero-order chi connectivity index (χ0) is 15.6. The third-order valence-electron chi connectivity index (χ3n) is 3.13. The van der Waals surface area contributed by atoms with Gasteiger partial charge in [-0.2, -0.15) is 5.10 Å². The summed E-state index contributed by atoms with van der Waals surface area (Å²) < 4.78 is 1.54. The van der Waals surface area contributed by atoms with Crippen LogP contribution in [0.2, 0.25) is 0 Å². The van der Waals surface area contributed by atoms with E-state index >= 15 is 0 Å². The van der Waals surface area contributed by atoms with Gasteiger partial charge < -0.3 is 5.11 Å². The molecule has 0 saturated heterocycles. The molecule has 0 bridgehead atoms. The quantitative estimate of drug-likeness (QED) is 0.930. The van der Waals surface area contributed by atoms with Crippen LogP contribution in [0.3, 0.4) is 0 Å². The number of amides is 1. The topological polar surface area (TPSA) is 75.4 Å². The summed E-state index contributed by atoms with van der Waals surface area (Å²) in [7, 11) is 1.72. The smallest absolute Gasteiger partial charge is 0.323 e. The molecule has 1 aromatic heterocycles. The summed E-state index contributed by atoms with van der Waals surface area (Å²) in [5, 5.41) is 13.2. The van der Waals surface area contributed by atoms with Gasteiger partial charge in [-0.05, 0) is 26.0 Å². The average molecular weight is 287 g/mol. The van der Waals surface area contributed by atoms with E-state index in [2.05, 4.69) is 5.10 Å². The lowest BCUT2D eigenvalue weighted by atomic mass is 10.1. The lowest BCUT2D eigenvalue weighted by Crippen LogP contribution is -2.35. The maximum atomic E-state index is 12.6. The highest BCUT2D eigenvalue weighted by atomic mass is 16.4. The number of carboxylic acids is 1. The average Bonchev–Trinajstić information content (AvgIpc) is 2.75. The summed E-state index contributed by atoms with van der Waals surface area (Å²) in [6, 6.07) is 7.16. The molecule has 2 aromatic rings. The molecule has 2 rings (SSSR count). The minimum absolute atomic E-state index is 0.369. The minimum Gasteiger partial charge on any atom is -0.480 e. The largest absolute Gasteiger partial charge is 0.480 e. The summed E-state index contributed by atoms with van der Waals surface area (Å²) in [6.45, 7) is 3.26. The van der Waals surface area contributed by atoms with Gasteiger partial charge in [-0.25, -0.2) is 0 Å². The Hall–Kier alpha value is -2.63. The van der Waals surface area contributed by atoms with Crippen molar-refractivity contribution in [2.75, 3.05) is 11.4 Å². The Kier molecular flexibility index (Phi) is 4.07. The normalized spacial score (nSPS) is 10.4. The molecule has 0 aliphatic heterocycles. The Morgan fingerprint density at radius 2 is 1.86 bits per heavy atom. The number of carbonyl (C=O) groups excluding carboxylic acids is 1. The van der Waals surface area contributed by atoms with E-state index in [4.69, 9.17) is 5.11 Å². The molecule has 0 fully saturated rings. The Labute approximate surface area is 122 Å². The zero-order valence-electron chi connectivity index (χ0n) is 12.2. The molecule has 0 radical (unpaired) electrons. The van der Waals surface area contributed by atoms with Crippen LogP contribution in [0, 0.1) is 13.8 Å². The summed E-state index contributed by atoms with van der Waals surface area (Å²) in [6.07, 6.45) is 1.60. The van der Waals surface area contributed by atoms with Crippen molar-refractivity contribution in [1.82, 2.24) is 9.78 Å². The lowest BCUT2D eigenvalue weighted by molar-refractivity contribution is -0.135. The molecular weight excluding hydrogens is 270 g/mol. The Morgan fingerprint density at radius 1 is 1.24 bits per heavy atom. The second-order valence-corrected chi connectivity index (χ2v) is 4.92. The molecule has 1 heterocycles. The number of hydrogen-bond acceptors (Lipinski definition) is 3. The van der Waals surface area contributed by atoms with Crippen molar-refractivity contribution in [3.63, 3.8) is 0 Å². The zero-order valence-corrected chi connectivity index (χ0v) is 12.2. The molecule has 1 N–H and O–H groups in total. The first-order chi connectivity index (χ1) is 9.88. The van der Waals surface area contributed by atoms with E-state index in [1.54, 1.807) is 32.3 Å². The fourth-order valence-corrected chi connectivity index (χ4v) is 2.10. The number of aromatic nitrogens is 2. The molecule has 110 valence electrons. The fraction of sp³-hybridized carbons (Fsp3) is 0.267. The van der Waals surface area contributed by atoms with Crippen molar-refractivity contribution < 1.29 is 14.7 Å². The highest BCUT2D eigenvalue weighted by Gasteiger charge is 2.23. The predicted octanol–water partition coefficient (Wildman–Crippen LogP) is 1.77. The Morgan fingerprint density at radius 3 is 2.33 bits per heavy atom. The van der Waals surface area contributed by atoms with E-state index in [0.29, 0.717) is 16.9 Å². The molecule has 6 nitrogen and oxygen atoms in total. The molecule has 21 heavy (non-hydrogen) atoms. The van der Waals surface area contributed by atoms with Gasteiger partial charge in [0, 0.05) is 18.9 Å². The van der Waals surface area contributed by atoms with Gasteiger partial charge in [0.05, 0.1) is 11.3 Å². The van der Waals surface area contributed by atoms with Crippen LogP contribution in [0.4, 0.5) is 5.69 Å². The van der Waals surface area contributed by atoms with Crippen molar-refractivity contribution in [3.8, 4) is 0 Å². The van der Waals surface area contributed by atoms with Gasteiger partial charge >= 0.3 is 5.97 Å². The summed E-state index contributed by atoms with van der Waals surface area (Å²) in [5.41, 5.74) is 2.57. The van der Waals surface area contributed by atoms with E-state index < -0.39 is 12.5 Å². The van der Waals surface area contributed by atoms with Crippen LogP contribution >= 0.6 is 0 Å². The lowest BCUT2D eigenvalue weighted by Gasteiger charge is -2.20. The van der Waals surface area contributed by atoms with E-state index in [9.17, 15) is 9.59 Å². The molecule has 6 heteroatoms. The molecule has 0 unspecified atom stereocenters. The van der Waals surface area contributed by atoms with E-state index in [-0.39, 0.29) is 5.91 Å². The van der Waals surface area contributed by atoms with Gasteiger partial charge in [0.15, 0.2) is 0 Å². The number of carbonyl (C=O) groups is 2. The number of rotatable bonds is 4. The molecule has 0 aliphatic rings. The molecule has 1 amide bonds. The van der Waals surface area contributed by atoms with Crippen LogP contribution < -0.4 is 4.90 Å². The summed E-state index contributed by atoms with van der Waals surface area (Å²) in [5.74, 6) is -1.43. The predicted molar refractivity (Wildman–Crippen MR) is 78.4 cm³/mol. The molecule has 0 saturated carbocycles. The fourth-order valence-electron chi connectivity index (χ4n) is 2.10. The van der Waals surface area contributed by atoms with Gasteiger partial charge in [0.2, 0.25) is 0 Å². The summed E-state index contributed by atoms with van der Waals surface area (Å²) in [4.78, 5) is 24.9. The standard InChI is InChI=1S/C15H17N3O3/c1-10-4-6-12(7-5-10)18(9-14(19)20)15(21)13-8-17(3)16-11(13)2/h4-8H,9H2,1-3H3,(H,19,20). The number of aryl methyl sites for hydroxylation is 3. The van der Waals surface area contributed by atoms with Crippen molar-refractivity contribution in [1.29, 1.82) is 0 Å². The number of benzene rings is 1. The number of anilines is 1. The van der Waals surface area contributed by atoms with Crippen molar-refractivity contribution in [2.24, 2.45) is 7.05 Å². The maximum absolute atomic E-state index is 12.6. The first-order valence-corrected chi connectivity index (χ1v) is 6.49. The van der Waals surface area contributed by atoms with Gasteiger partial charge in [-0.15, -0.1) is 0 Å². The monoisotopic (exact) mass is 287 g/mol. The minimum atomic E-state index is -1.06. The van der Waals surface area contributed by atoms with Gasteiger partial charge in [0.1, 0.15) is 6.54 Å². The highest BCUT2D eigenvalue weighted by Crippen LogP contribution is 2.19. The second-order valence-electron chi connectivity index (χ2n) is 4.92. The summed E-state index contributed by atoms with van der Waals surface area (Å²) >= 11 is 0. The van der Waals surface area contributed by atoms with E-state index in [0.717, 1.165) is 5.56 Å². The molecule has 0 spiro atoms. The highest BCUT2D eigenvalue weighted by molar-refractivity contribution is 6.08. The SMILES string of the molecule is Cc1ccc(N(CC(=O)O)C(=O)c2cn(C)nc2C)cc1. The van der Waals surface area contributed by atoms with Gasteiger partial charge in [-0.1, -0.05) is 17.7 Å². The second kappa shape index (κ2) is 5.78. The van der Waals surface area contributed by atoms with Gasteiger partial charge in [0.25, 0.3) is 5.91 Å². The maximum Gasteiger partial charge on any atom is 0.323 e. The van der Waals surface area contributed by atoms with Crippen LogP contribution in [0.15, 0.2) is 30.5 Å². The molecule has 0 atom stereocenters. The molecule has 0 aliphatic carbocycles. The van der Waals surface area contributed by atoms with Crippen molar-refractivity contribution in [3.05, 3.63) is 47.3 Å². The van der Waals surface area contributed by atoms with Crippen LogP contribution in [0.1, 0.15) is 21.6 Å². The van der Waals surface area contributed by atoms with E-state index in [1.165, 1.54) is 9.58 Å². The Balaban J connectivity index is 2.40. The molecular formula is C15H17N3O3. The Bertz CT molecular complexity index is 674. The van der Waals surface area contributed by atoms with Crippen LogP contribution in [-0.2, 0) is 11.8 Å². The van der Waals surface area contributed by atoms with Crippen LogP contribution in [0.25, 0.3) is 0 Å². The van der Waals surface area contributed by atoms with Crippen molar-refractivity contribution >= 4 is 17.6 Å². The molecule has 1 aromatic carbocycles. The number of hydrogen-bond donors (Lipinski definition) is 1. The van der Waals surface area contributed by atoms with Gasteiger partial charge in [-0.3, -0.25) is 19.2 Å². The third-order valence-corrected chi connectivity index (χ3v) is 3.13. The number of carboxylic acid groups (broad SMARTS) is 1. The third kappa shape index (κ3) is 3.28.